The van der Waals surface area contributed by atoms with Gasteiger partial charge in [0.05, 0.1) is 5.69 Å². The van der Waals surface area contributed by atoms with Crippen LogP contribution in [-0.2, 0) is 12.8 Å². The molecule has 1 aliphatic heterocycles. The van der Waals surface area contributed by atoms with E-state index in [9.17, 15) is 4.39 Å². The highest BCUT2D eigenvalue weighted by Gasteiger charge is 2.25. The van der Waals surface area contributed by atoms with Gasteiger partial charge < -0.3 is 9.80 Å². The van der Waals surface area contributed by atoms with Crippen LogP contribution in [-0.4, -0.2) is 43.1 Å². The summed E-state index contributed by atoms with van der Waals surface area (Å²) in [7, 11) is 2.19. The third-order valence-corrected chi connectivity index (χ3v) is 5.60. The second-order valence-electron chi connectivity index (χ2n) is 7.60. The minimum atomic E-state index is -0.199. The molecule has 4 heteroatoms. The Morgan fingerprint density at radius 2 is 1.80 bits per heavy atom. The number of hydrogen-bond donors (Lipinski definition) is 0. The van der Waals surface area contributed by atoms with Crippen molar-refractivity contribution in [2.24, 2.45) is 5.92 Å². The molecule has 25 heavy (non-hydrogen) atoms. The Bertz CT molecular complexity index is 748. The van der Waals surface area contributed by atoms with Crippen molar-refractivity contribution < 1.29 is 4.39 Å². The average molecular weight is 339 g/mol. The number of nitrogens with zero attached hydrogens (tertiary/aromatic N) is 3. The summed E-state index contributed by atoms with van der Waals surface area (Å²) in [5, 5.41) is 0. The standard InChI is InChI=1S/C21H26FN3/c1-15-3-8-19-18(13-15)21(25-11-9-24(2)10-12-25)14-20(23-19)16-4-6-17(22)7-5-16/h4-7,14-15H,3,8-13H2,1-2H3. The molecule has 2 aliphatic rings. The average Bonchev–Trinajstić information content (AvgIpc) is 2.62. The quantitative estimate of drug-likeness (QED) is 0.830. The van der Waals surface area contributed by atoms with Gasteiger partial charge in [-0.2, -0.15) is 0 Å². The monoisotopic (exact) mass is 339 g/mol. The number of likely N-dealkylation sites (N-methyl/N-ethyl adjacent to an activating group) is 1. The van der Waals surface area contributed by atoms with Crippen LogP contribution in [0.25, 0.3) is 11.3 Å². The lowest BCUT2D eigenvalue weighted by atomic mass is 9.86. The molecule has 0 spiro atoms. The molecule has 2 heterocycles. The Balaban J connectivity index is 1.77. The molecule has 1 fully saturated rings. The van der Waals surface area contributed by atoms with Crippen LogP contribution in [0.5, 0.6) is 0 Å². The summed E-state index contributed by atoms with van der Waals surface area (Å²) >= 11 is 0. The number of benzene rings is 1. The molecule has 1 aromatic heterocycles. The second kappa shape index (κ2) is 6.75. The molecule has 0 bridgehead atoms. The van der Waals surface area contributed by atoms with Crippen molar-refractivity contribution in [3.63, 3.8) is 0 Å². The number of aromatic nitrogens is 1. The van der Waals surface area contributed by atoms with E-state index < -0.39 is 0 Å². The molecule has 1 aromatic carbocycles. The Morgan fingerprint density at radius 3 is 2.52 bits per heavy atom. The van der Waals surface area contributed by atoms with E-state index >= 15 is 0 Å². The summed E-state index contributed by atoms with van der Waals surface area (Å²) in [5.74, 6) is 0.520. The van der Waals surface area contributed by atoms with E-state index in [-0.39, 0.29) is 5.82 Å². The van der Waals surface area contributed by atoms with Gasteiger partial charge in [-0.15, -0.1) is 0 Å². The maximum absolute atomic E-state index is 13.3. The number of halogens is 1. The normalized spacial score (nSPS) is 21.2. The van der Waals surface area contributed by atoms with Gasteiger partial charge >= 0.3 is 0 Å². The predicted octanol–water partition coefficient (Wildman–Crippen LogP) is 3.76. The molecular weight excluding hydrogens is 313 g/mol. The summed E-state index contributed by atoms with van der Waals surface area (Å²) in [6.07, 6.45) is 3.37. The van der Waals surface area contributed by atoms with Gasteiger partial charge in [0.1, 0.15) is 5.82 Å². The molecular formula is C21H26FN3. The summed E-state index contributed by atoms with van der Waals surface area (Å²) in [5.41, 5.74) is 6.01. The molecule has 1 aliphatic carbocycles. The molecule has 0 amide bonds. The first-order valence-corrected chi connectivity index (χ1v) is 9.32. The zero-order valence-corrected chi connectivity index (χ0v) is 15.1. The van der Waals surface area contributed by atoms with Crippen molar-refractivity contribution >= 4 is 5.69 Å². The molecule has 1 unspecified atom stereocenters. The topological polar surface area (TPSA) is 19.4 Å². The molecule has 4 rings (SSSR count). The highest BCUT2D eigenvalue weighted by Crippen LogP contribution is 2.35. The zero-order valence-electron chi connectivity index (χ0n) is 15.1. The summed E-state index contributed by atoms with van der Waals surface area (Å²) in [4.78, 5) is 9.86. The molecule has 2 aromatic rings. The van der Waals surface area contributed by atoms with Gasteiger partial charge in [-0.05, 0) is 68.1 Å². The number of aryl methyl sites for hydroxylation is 1. The second-order valence-corrected chi connectivity index (χ2v) is 7.60. The van der Waals surface area contributed by atoms with E-state index in [2.05, 4.69) is 29.8 Å². The minimum absolute atomic E-state index is 0.199. The van der Waals surface area contributed by atoms with Crippen molar-refractivity contribution in [1.29, 1.82) is 0 Å². The fraction of sp³-hybridized carbons (Fsp3) is 0.476. The van der Waals surface area contributed by atoms with Gasteiger partial charge in [0.15, 0.2) is 0 Å². The van der Waals surface area contributed by atoms with Crippen LogP contribution < -0.4 is 4.90 Å². The molecule has 1 atom stereocenters. The van der Waals surface area contributed by atoms with Crippen LogP contribution in [0.1, 0.15) is 24.6 Å². The largest absolute Gasteiger partial charge is 0.369 e. The third kappa shape index (κ3) is 3.40. The maximum atomic E-state index is 13.3. The van der Waals surface area contributed by atoms with Crippen molar-refractivity contribution in [2.75, 3.05) is 38.1 Å². The van der Waals surface area contributed by atoms with Gasteiger partial charge in [-0.3, -0.25) is 4.98 Å². The number of rotatable bonds is 2. The highest BCUT2D eigenvalue weighted by atomic mass is 19.1. The van der Waals surface area contributed by atoms with Crippen LogP contribution >= 0.6 is 0 Å². The lowest BCUT2D eigenvalue weighted by Crippen LogP contribution is -2.45. The molecule has 0 radical (unpaired) electrons. The SMILES string of the molecule is CC1CCc2nc(-c3ccc(F)cc3)cc(N3CCN(C)CC3)c2C1. The zero-order chi connectivity index (χ0) is 17.4. The number of anilines is 1. The van der Waals surface area contributed by atoms with Crippen molar-refractivity contribution in [3.05, 3.63) is 47.4 Å². The lowest BCUT2D eigenvalue weighted by Gasteiger charge is -2.37. The number of pyridine rings is 1. The summed E-state index contributed by atoms with van der Waals surface area (Å²) in [6.45, 7) is 6.65. The molecule has 0 N–H and O–H groups in total. The van der Waals surface area contributed by atoms with Crippen molar-refractivity contribution in [2.45, 2.75) is 26.2 Å². The Kier molecular flexibility index (Phi) is 4.46. The minimum Gasteiger partial charge on any atom is -0.369 e. The van der Waals surface area contributed by atoms with Gasteiger partial charge in [0, 0.05) is 43.1 Å². The number of hydrogen-bond acceptors (Lipinski definition) is 3. The Morgan fingerprint density at radius 1 is 1.08 bits per heavy atom. The van der Waals surface area contributed by atoms with Crippen LogP contribution in [0.4, 0.5) is 10.1 Å². The van der Waals surface area contributed by atoms with Crippen molar-refractivity contribution in [1.82, 2.24) is 9.88 Å². The molecule has 132 valence electrons. The first-order chi connectivity index (χ1) is 12.1. The van der Waals surface area contributed by atoms with Gasteiger partial charge in [-0.1, -0.05) is 6.92 Å². The first-order valence-electron chi connectivity index (χ1n) is 9.32. The van der Waals surface area contributed by atoms with E-state index in [0.717, 1.165) is 56.2 Å². The fourth-order valence-corrected chi connectivity index (χ4v) is 3.97. The van der Waals surface area contributed by atoms with Gasteiger partial charge in [0.25, 0.3) is 0 Å². The number of piperazine rings is 1. The van der Waals surface area contributed by atoms with E-state index in [0.29, 0.717) is 0 Å². The third-order valence-electron chi connectivity index (χ3n) is 5.60. The smallest absolute Gasteiger partial charge is 0.123 e. The van der Waals surface area contributed by atoms with Gasteiger partial charge in [-0.25, -0.2) is 4.39 Å². The van der Waals surface area contributed by atoms with E-state index in [1.54, 1.807) is 0 Å². The van der Waals surface area contributed by atoms with Gasteiger partial charge in [0.2, 0.25) is 0 Å². The van der Waals surface area contributed by atoms with E-state index in [1.165, 1.54) is 35.5 Å². The first kappa shape index (κ1) is 16.5. The molecule has 3 nitrogen and oxygen atoms in total. The summed E-state index contributed by atoms with van der Waals surface area (Å²) < 4.78 is 13.3. The molecule has 0 saturated carbocycles. The van der Waals surface area contributed by atoms with Crippen LogP contribution in [0.2, 0.25) is 0 Å². The van der Waals surface area contributed by atoms with Crippen LogP contribution in [0.3, 0.4) is 0 Å². The fourth-order valence-electron chi connectivity index (χ4n) is 3.97. The Labute approximate surface area is 149 Å². The number of fused-ring (bicyclic) bond motifs is 1. The van der Waals surface area contributed by atoms with Crippen LogP contribution in [0.15, 0.2) is 30.3 Å². The summed E-state index contributed by atoms with van der Waals surface area (Å²) in [6, 6.07) is 8.95. The molecule has 1 saturated heterocycles. The maximum Gasteiger partial charge on any atom is 0.123 e. The lowest BCUT2D eigenvalue weighted by molar-refractivity contribution is 0.312. The Hall–Kier alpha value is -1.94. The van der Waals surface area contributed by atoms with E-state index in [1.807, 2.05) is 12.1 Å². The highest BCUT2D eigenvalue weighted by molar-refractivity contribution is 5.69. The predicted molar refractivity (Wildman–Crippen MR) is 101 cm³/mol. The van der Waals surface area contributed by atoms with Crippen LogP contribution in [0, 0.1) is 11.7 Å². The van der Waals surface area contributed by atoms with E-state index in [4.69, 9.17) is 4.98 Å². The van der Waals surface area contributed by atoms with Crippen molar-refractivity contribution in [3.8, 4) is 11.3 Å².